The molecule has 4 fully saturated rings. The van der Waals surface area contributed by atoms with E-state index in [1.165, 1.54) is 13.3 Å². The fourth-order valence-corrected chi connectivity index (χ4v) is 6.62. The first-order valence-corrected chi connectivity index (χ1v) is 14.7. The molecular weight excluding hydrogens is 557 g/mol. The Morgan fingerprint density at radius 1 is 1.12 bits per heavy atom. The first-order valence-electron chi connectivity index (χ1n) is 14.7. The molecule has 0 unspecified atom stereocenters. The van der Waals surface area contributed by atoms with Gasteiger partial charge in [0.1, 0.15) is 23.7 Å². The molecule has 0 atom stereocenters. The van der Waals surface area contributed by atoms with Crippen LogP contribution in [-0.4, -0.2) is 71.9 Å². The number of rotatable bonds is 9. The summed E-state index contributed by atoms with van der Waals surface area (Å²) in [5.41, 5.74) is 0.368. The number of methoxy groups -OCH3 is 1. The van der Waals surface area contributed by atoms with Crippen molar-refractivity contribution < 1.29 is 32.9 Å². The Bertz CT molecular complexity index is 1590. The van der Waals surface area contributed by atoms with Crippen LogP contribution >= 0.6 is 0 Å². The average molecular weight is 592 g/mol. The van der Waals surface area contributed by atoms with Crippen LogP contribution in [-0.2, 0) is 25.5 Å². The van der Waals surface area contributed by atoms with E-state index in [1.807, 2.05) is 19.2 Å². The lowest BCUT2D eigenvalue weighted by atomic mass is 9.68. The van der Waals surface area contributed by atoms with Gasteiger partial charge >= 0.3 is 5.97 Å². The molecule has 1 N–H and O–H groups in total. The zero-order valence-corrected chi connectivity index (χ0v) is 24.3. The van der Waals surface area contributed by atoms with Crippen LogP contribution in [0.5, 0.6) is 11.6 Å². The summed E-state index contributed by atoms with van der Waals surface area (Å²) < 4.78 is 38.0. The Balaban J connectivity index is 1.04. The standard InChI is InChI=1S/C31H34FN5O6/c1-37(23-5-4-22-27(34-23)35-24(38)16-41-22)30-11-13-31(14-12-30,43-18-30)8-7-19-20(32)15-33-21-3-6-25(36-26(19)21)42-17-29(9-10-29)28(39)40-2/h3-6,15H,7-14,16-18H2,1-2H3,(H,34,35,38). The van der Waals surface area contributed by atoms with Crippen LogP contribution in [0, 0.1) is 11.2 Å². The lowest BCUT2D eigenvalue weighted by molar-refractivity contribution is -0.156. The Hall–Kier alpha value is -4.06. The SMILES string of the molecule is COC(=O)C1(COc2ccc3ncc(F)c(CCC45CCC(N(C)c6ccc7c(n6)NC(=O)CO7)(CC4)CO5)c3n2)CC1. The monoisotopic (exact) mass is 591 g/mol. The van der Waals surface area contributed by atoms with Crippen LogP contribution in [0.15, 0.2) is 30.5 Å². The minimum atomic E-state index is -0.615. The highest BCUT2D eigenvalue weighted by Crippen LogP contribution is 2.50. The van der Waals surface area contributed by atoms with Gasteiger partial charge in [0.15, 0.2) is 18.2 Å². The van der Waals surface area contributed by atoms with Crippen LogP contribution in [0.3, 0.4) is 0 Å². The number of aryl methyl sites for hydroxylation is 1. The number of anilines is 2. The number of aromatic nitrogens is 3. The van der Waals surface area contributed by atoms with Crippen molar-refractivity contribution in [3.8, 4) is 11.6 Å². The highest BCUT2D eigenvalue weighted by molar-refractivity contribution is 5.94. The van der Waals surface area contributed by atoms with Crippen LogP contribution in [0.25, 0.3) is 11.0 Å². The third kappa shape index (κ3) is 4.91. The number of carbonyl (C=O) groups excluding carboxylic acids is 2. The Labute approximate surface area is 248 Å². The summed E-state index contributed by atoms with van der Waals surface area (Å²) in [4.78, 5) is 39.5. The van der Waals surface area contributed by atoms with Crippen LogP contribution in [0.4, 0.5) is 16.0 Å². The number of hydrogen-bond acceptors (Lipinski definition) is 10. The molecular formula is C31H34FN5O6. The van der Waals surface area contributed by atoms with E-state index in [-0.39, 0.29) is 36.2 Å². The van der Waals surface area contributed by atoms with E-state index in [9.17, 15) is 9.59 Å². The van der Waals surface area contributed by atoms with Crippen molar-refractivity contribution in [3.05, 3.63) is 41.8 Å². The lowest BCUT2D eigenvalue weighted by Gasteiger charge is -2.56. The van der Waals surface area contributed by atoms with E-state index in [1.54, 1.807) is 12.1 Å². The molecule has 5 aliphatic rings. The van der Waals surface area contributed by atoms with Crippen LogP contribution in [0.1, 0.15) is 50.5 Å². The van der Waals surface area contributed by atoms with Gasteiger partial charge in [-0.15, -0.1) is 0 Å². The van der Waals surface area contributed by atoms with E-state index < -0.39 is 11.2 Å². The largest absolute Gasteiger partial charge is 0.480 e. The lowest BCUT2D eigenvalue weighted by Crippen LogP contribution is -2.62. The second kappa shape index (κ2) is 10.3. The molecule has 2 aliphatic carbocycles. The topological polar surface area (TPSA) is 125 Å². The molecule has 0 radical (unpaired) electrons. The normalized spacial score (nSPS) is 25.0. The Morgan fingerprint density at radius 2 is 1.93 bits per heavy atom. The number of amides is 1. The predicted molar refractivity (Wildman–Crippen MR) is 154 cm³/mol. The van der Waals surface area contributed by atoms with Gasteiger partial charge in [-0.2, -0.15) is 0 Å². The quantitative estimate of drug-likeness (QED) is 0.366. The van der Waals surface area contributed by atoms with Gasteiger partial charge < -0.3 is 29.2 Å². The van der Waals surface area contributed by atoms with Crippen molar-refractivity contribution in [2.75, 3.05) is 44.2 Å². The summed E-state index contributed by atoms with van der Waals surface area (Å²) in [5.74, 6) is 1.17. The Morgan fingerprint density at radius 3 is 2.65 bits per heavy atom. The molecule has 8 rings (SSSR count). The van der Waals surface area contributed by atoms with Gasteiger partial charge in [0.2, 0.25) is 5.88 Å². The van der Waals surface area contributed by atoms with Crippen molar-refractivity contribution in [1.29, 1.82) is 0 Å². The first kappa shape index (κ1) is 27.8. The highest BCUT2D eigenvalue weighted by atomic mass is 19.1. The number of ether oxygens (including phenoxy) is 4. The van der Waals surface area contributed by atoms with Crippen molar-refractivity contribution >= 4 is 34.5 Å². The molecule has 1 amide bonds. The minimum absolute atomic E-state index is 0.00834. The second-order valence-electron chi connectivity index (χ2n) is 12.3. The summed E-state index contributed by atoms with van der Waals surface area (Å²) in [7, 11) is 3.39. The molecule has 2 bridgehead atoms. The summed E-state index contributed by atoms with van der Waals surface area (Å²) >= 11 is 0. The first-order chi connectivity index (χ1) is 20.7. The molecule has 43 heavy (non-hydrogen) atoms. The van der Waals surface area contributed by atoms with Gasteiger partial charge in [0, 0.05) is 18.7 Å². The number of pyridine rings is 3. The number of nitrogens with zero attached hydrogens (tertiary/aromatic N) is 4. The number of likely N-dealkylation sites (N-methyl/N-ethyl adjacent to an activating group) is 1. The number of hydrogen-bond donors (Lipinski definition) is 1. The Kier molecular flexibility index (Phi) is 6.64. The van der Waals surface area contributed by atoms with Crippen molar-refractivity contribution in [1.82, 2.24) is 15.0 Å². The highest BCUT2D eigenvalue weighted by Gasteiger charge is 2.53. The molecule has 3 aliphatic heterocycles. The number of carbonyl (C=O) groups is 2. The third-order valence-electron chi connectivity index (χ3n) is 9.79. The molecule has 6 heterocycles. The minimum Gasteiger partial charge on any atom is -0.480 e. The van der Waals surface area contributed by atoms with Crippen LogP contribution < -0.4 is 19.7 Å². The number of halogens is 1. The molecule has 2 saturated heterocycles. The maximum atomic E-state index is 15.2. The van der Waals surface area contributed by atoms with Gasteiger partial charge in [-0.3, -0.25) is 14.6 Å². The number of nitrogens with one attached hydrogen (secondary N) is 1. The fraction of sp³-hybridized carbons (Fsp3) is 0.516. The molecule has 226 valence electrons. The maximum absolute atomic E-state index is 15.2. The fourth-order valence-electron chi connectivity index (χ4n) is 6.62. The van der Waals surface area contributed by atoms with Gasteiger partial charge in [-0.25, -0.2) is 14.4 Å². The van der Waals surface area contributed by atoms with E-state index in [0.29, 0.717) is 66.3 Å². The van der Waals surface area contributed by atoms with E-state index in [0.717, 1.165) is 31.5 Å². The number of fused-ring (bicyclic) bond motifs is 5. The molecule has 12 heteroatoms. The molecule has 3 aromatic rings. The molecule has 0 spiro atoms. The van der Waals surface area contributed by atoms with Gasteiger partial charge in [0.25, 0.3) is 5.91 Å². The van der Waals surface area contributed by atoms with Crippen molar-refractivity contribution in [2.24, 2.45) is 5.41 Å². The average Bonchev–Trinajstić information content (AvgIpc) is 3.84. The maximum Gasteiger partial charge on any atom is 0.315 e. The van der Waals surface area contributed by atoms with E-state index in [2.05, 4.69) is 25.2 Å². The van der Waals surface area contributed by atoms with E-state index in [4.69, 9.17) is 18.9 Å². The zero-order chi connectivity index (χ0) is 29.8. The van der Waals surface area contributed by atoms with Gasteiger partial charge in [-0.05, 0) is 69.6 Å². The third-order valence-corrected chi connectivity index (χ3v) is 9.79. The smallest absolute Gasteiger partial charge is 0.315 e. The molecule has 3 aromatic heterocycles. The molecule has 11 nitrogen and oxygen atoms in total. The molecule has 2 saturated carbocycles. The van der Waals surface area contributed by atoms with Gasteiger partial charge in [-0.1, -0.05) is 0 Å². The van der Waals surface area contributed by atoms with E-state index >= 15 is 4.39 Å². The zero-order valence-electron chi connectivity index (χ0n) is 24.3. The summed E-state index contributed by atoms with van der Waals surface area (Å²) in [6.07, 6.45) is 7.26. The summed E-state index contributed by atoms with van der Waals surface area (Å²) in [6.45, 7) is 0.696. The molecule has 0 aromatic carbocycles. The predicted octanol–water partition coefficient (Wildman–Crippen LogP) is 3.98. The summed E-state index contributed by atoms with van der Waals surface area (Å²) in [5, 5.41) is 2.78. The van der Waals surface area contributed by atoms with Crippen molar-refractivity contribution in [3.63, 3.8) is 0 Å². The summed E-state index contributed by atoms with van der Waals surface area (Å²) in [6, 6.07) is 7.21. The van der Waals surface area contributed by atoms with Crippen molar-refractivity contribution in [2.45, 2.75) is 62.5 Å². The van der Waals surface area contributed by atoms with Crippen LogP contribution in [0.2, 0.25) is 0 Å². The second-order valence-corrected chi connectivity index (χ2v) is 12.3. The number of esters is 1. The van der Waals surface area contributed by atoms with Gasteiger partial charge in [0.05, 0.1) is 42.1 Å².